The summed E-state index contributed by atoms with van der Waals surface area (Å²) in [6.45, 7) is 6.29. The lowest BCUT2D eigenvalue weighted by Gasteiger charge is -2.14. The Balaban J connectivity index is 1.66. The van der Waals surface area contributed by atoms with Gasteiger partial charge in [0.25, 0.3) is 5.91 Å². The molecule has 0 aliphatic rings. The Morgan fingerprint density at radius 3 is 2.89 bits per heavy atom. The van der Waals surface area contributed by atoms with E-state index in [1.807, 2.05) is 26.8 Å². The molecule has 8 heteroatoms. The fraction of sp³-hybridized carbons (Fsp3) is 0.368. The van der Waals surface area contributed by atoms with Crippen molar-refractivity contribution in [1.29, 1.82) is 0 Å². The van der Waals surface area contributed by atoms with Crippen LogP contribution in [0, 0.1) is 0 Å². The second-order valence-corrected chi connectivity index (χ2v) is 6.11. The van der Waals surface area contributed by atoms with Gasteiger partial charge >= 0.3 is 5.63 Å². The topological polar surface area (TPSA) is 99.2 Å². The molecule has 142 valence electrons. The molecule has 3 aromatic rings. The molecule has 0 fully saturated rings. The minimum atomic E-state index is -0.400. The number of ether oxygens (including phenoxy) is 1. The van der Waals surface area contributed by atoms with Crippen LogP contribution >= 0.6 is 0 Å². The van der Waals surface area contributed by atoms with Gasteiger partial charge in [0.2, 0.25) is 0 Å². The van der Waals surface area contributed by atoms with Crippen LogP contribution in [0.25, 0.3) is 11.0 Å². The van der Waals surface area contributed by atoms with E-state index in [2.05, 4.69) is 15.4 Å². The predicted molar refractivity (Wildman–Crippen MR) is 99.6 cm³/mol. The number of nitrogens with zero attached hydrogens (tertiary/aromatic N) is 3. The fourth-order valence-electron chi connectivity index (χ4n) is 2.94. The lowest BCUT2D eigenvalue weighted by molar-refractivity contribution is -0.123. The maximum absolute atomic E-state index is 12.2. The fourth-order valence-corrected chi connectivity index (χ4v) is 2.94. The van der Waals surface area contributed by atoms with Crippen molar-refractivity contribution in [2.75, 3.05) is 6.61 Å². The molecule has 0 radical (unpaired) electrons. The third-order valence-corrected chi connectivity index (χ3v) is 4.26. The zero-order valence-electron chi connectivity index (χ0n) is 15.6. The van der Waals surface area contributed by atoms with Gasteiger partial charge in [-0.2, -0.15) is 5.10 Å². The van der Waals surface area contributed by atoms with Crippen LogP contribution in [0.5, 0.6) is 5.75 Å². The Bertz CT molecular complexity index is 1010. The molecule has 0 aliphatic heterocycles. The average molecular weight is 370 g/mol. The first-order valence-electron chi connectivity index (χ1n) is 8.88. The van der Waals surface area contributed by atoms with Crippen molar-refractivity contribution in [3.63, 3.8) is 0 Å². The Kier molecular flexibility index (Phi) is 5.54. The van der Waals surface area contributed by atoms with Crippen LogP contribution in [0.4, 0.5) is 0 Å². The summed E-state index contributed by atoms with van der Waals surface area (Å²) in [4.78, 5) is 28.0. The average Bonchev–Trinajstić information content (AvgIpc) is 3.14. The maximum atomic E-state index is 12.2. The molecule has 2 aromatic heterocycles. The van der Waals surface area contributed by atoms with E-state index in [0.717, 1.165) is 17.4 Å². The van der Waals surface area contributed by atoms with Gasteiger partial charge in [0.05, 0.1) is 6.04 Å². The van der Waals surface area contributed by atoms with Crippen molar-refractivity contribution in [2.45, 2.75) is 39.8 Å². The standard InChI is InChI=1S/C19H22N4O4/c1-4-13-8-18(25)27-16-9-14(6-7-15(13)16)26-10-17(24)22-12(3)19-20-11-21-23(19)5-2/h6-9,11-12H,4-5,10H2,1-3H3,(H,22,24). The van der Waals surface area contributed by atoms with Crippen LogP contribution in [-0.4, -0.2) is 27.3 Å². The van der Waals surface area contributed by atoms with E-state index < -0.39 is 5.63 Å². The molecule has 0 saturated carbocycles. The predicted octanol–water partition coefficient (Wildman–Crippen LogP) is 2.22. The highest BCUT2D eigenvalue weighted by Gasteiger charge is 2.15. The number of amides is 1. The Morgan fingerprint density at radius 2 is 2.15 bits per heavy atom. The van der Waals surface area contributed by atoms with E-state index in [0.29, 0.717) is 23.7 Å². The smallest absolute Gasteiger partial charge is 0.336 e. The number of hydrogen-bond donors (Lipinski definition) is 1. The molecule has 1 N–H and O–H groups in total. The van der Waals surface area contributed by atoms with E-state index in [4.69, 9.17) is 9.15 Å². The summed E-state index contributed by atoms with van der Waals surface area (Å²) < 4.78 is 12.5. The van der Waals surface area contributed by atoms with Crippen molar-refractivity contribution in [3.05, 3.63) is 52.4 Å². The van der Waals surface area contributed by atoms with E-state index in [9.17, 15) is 9.59 Å². The summed E-state index contributed by atoms with van der Waals surface area (Å²) in [6.07, 6.45) is 2.19. The monoisotopic (exact) mass is 370 g/mol. The molecule has 0 spiro atoms. The Labute approximate surface area is 156 Å². The minimum Gasteiger partial charge on any atom is -0.484 e. The second-order valence-electron chi connectivity index (χ2n) is 6.11. The van der Waals surface area contributed by atoms with Gasteiger partial charge in [-0.05, 0) is 38.0 Å². The molecule has 2 heterocycles. The first-order valence-corrected chi connectivity index (χ1v) is 8.88. The molecule has 3 rings (SSSR count). The van der Waals surface area contributed by atoms with Gasteiger partial charge in [-0.1, -0.05) is 6.92 Å². The number of fused-ring (bicyclic) bond motifs is 1. The zero-order valence-corrected chi connectivity index (χ0v) is 15.6. The Hall–Kier alpha value is -3.16. The summed E-state index contributed by atoms with van der Waals surface area (Å²) >= 11 is 0. The third-order valence-electron chi connectivity index (χ3n) is 4.26. The SMILES string of the molecule is CCc1cc(=O)oc2cc(OCC(=O)NC(C)c3ncnn3CC)ccc12. The molecule has 1 aromatic carbocycles. The molecule has 0 aliphatic carbocycles. The van der Waals surface area contributed by atoms with Gasteiger partial charge in [0, 0.05) is 24.1 Å². The van der Waals surface area contributed by atoms with E-state index in [1.165, 1.54) is 12.4 Å². The molecule has 27 heavy (non-hydrogen) atoms. The molecule has 0 bridgehead atoms. The number of rotatable bonds is 7. The first-order chi connectivity index (χ1) is 13.0. The number of aryl methyl sites for hydroxylation is 2. The molecule has 1 unspecified atom stereocenters. The van der Waals surface area contributed by atoms with Crippen molar-refractivity contribution in [2.24, 2.45) is 0 Å². The molecule has 1 amide bonds. The minimum absolute atomic E-state index is 0.159. The summed E-state index contributed by atoms with van der Waals surface area (Å²) in [5, 5.41) is 7.79. The lowest BCUT2D eigenvalue weighted by Crippen LogP contribution is -2.32. The number of benzene rings is 1. The van der Waals surface area contributed by atoms with Crippen LogP contribution in [0.3, 0.4) is 0 Å². The van der Waals surface area contributed by atoms with Gasteiger partial charge in [-0.3, -0.25) is 4.79 Å². The number of carbonyl (C=O) groups excluding carboxylic acids is 1. The van der Waals surface area contributed by atoms with Gasteiger partial charge in [-0.25, -0.2) is 14.5 Å². The van der Waals surface area contributed by atoms with Crippen LogP contribution in [0.1, 0.15) is 38.2 Å². The van der Waals surface area contributed by atoms with Crippen LogP contribution in [0.2, 0.25) is 0 Å². The molecule has 0 saturated heterocycles. The van der Waals surface area contributed by atoms with E-state index >= 15 is 0 Å². The largest absolute Gasteiger partial charge is 0.484 e. The summed E-state index contributed by atoms with van der Waals surface area (Å²) in [7, 11) is 0. The summed E-state index contributed by atoms with van der Waals surface area (Å²) in [5.74, 6) is 0.862. The quantitative estimate of drug-likeness (QED) is 0.640. The van der Waals surface area contributed by atoms with Crippen molar-refractivity contribution < 1.29 is 13.9 Å². The highest BCUT2D eigenvalue weighted by Crippen LogP contribution is 2.23. The summed E-state index contributed by atoms with van der Waals surface area (Å²) in [5.41, 5.74) is 0.962. The van der Waals surface area contributed by atoms with Crippen LogP contribution in [0.15, 0.2) is 39.8 Å². The van der Waals surface area contributed by atoms with Crippen LogP contribution in [-0.2, 0) is 17.8 Å². The zero-order chi connectivity index (χ0) is 19.4. The molecule has 8 nitrogen and oxygen atoms in total. The maximum Gasteiger partial charge on any atom is 0.336 e. The number of hydrogen-bond acceptors (Lipinski definition) is 6. The van der Waals surface area contributed by atoms with Gasteiger partial charge in [-0.15, -0.1) is 0 Å². The normalized spacial score (nSPS) is 12.1. The number of nitrogens with one attached hydrogen (secondary N) is 1. The van der Waals surface area contributed by atoms with Crippen molar-refractivity contribution in [1.82, 2.24) is 20.1 Å². The third kappa shape index (κ3) is 4.16. The van der Waals surface area contributed by atoms with Crippen molar-refractivity contribution >= 4 is 16.9 Å². The first kappa shape index (κ1) is 18.6. The highest BCUT2D eigenvalue weighted by atomic mass is 16.5. The second kappa shape index (κ2) is 8.03. The lowest BCUT2D eigenvalue weighted by atomic mass is 10.1. The van der Waals surface area contributed by atoms with Gasteiger partial charge in [0.1, 0.15) is 23.5 Å². The summed E-state index contributed by atoms with van der Waals surface area (Å²) in [6, 6.07) is 6.42. The van der Waals surface area contributed by atoms with Gasteiger partial charge in [0.15, 0.2) is 6.61 Å². The van der Waals surface area contributed by atoms with Crippen molar-refractivity contribution in [3.8, 4) is 5.75 Å². The molecule has 1 atom stereocenters. The molecular weight excluding hydrogens is 348 g/mol. The van der Waals surface area contributed by atoms with E-state index in [-0.39, 0.29) is 18.6 Å². The molecular formula is C19H22N4O4. The number of carbonyl (C=O) groups is 1. The van der Waals surface area contributed by atoms with Crippen LogP contribution < -0.4 is 15.7 Å². The Morgan fingerprint density at radius 1 is 1.33 bits per heavy atom. The number of aromatic nitrogens is 3. The van der Waals surface area contributed by atoms with E-state index in [1.54, 1.807) is 16.8 Å². The van der Waals surface area contributed by atoms with Gasteiger partial charge < -0.3 is 14.5 Å². The highest BCUT2D eigenvalue weighted by molar-refractivity contribution is 5.82.